The van der Waals surface area contributed by atoms with Crippen molar-refractivity contribution >= 4 is 33.3 Å². The third-order valence-corrected chi connectivity index (χ3v) is 6.80. The van der Waals surface area contributed by atoms with E-state index in [0.717, 1.165) is 22.6 Å². The first-order chi connectivity index (χ1) is 13.9. The Morgan fingerprint density at radius 3 is 1.43 bits per heavy atom. The molecule has 2 aliphatic rings. The van der Waals surface area contributed by atoms with Crippen LogP contribution in [-0.2, 0) is 0 Å². The predicted octanol–water partition coefficient (Wildman–Crippen LogP) is 6.74. The van der Waals surface area contributed by atoms with Gasteiger partial charge in [-0.15, -0.1) is 0 Å². The Morgan fingerprint density at radius 2 is 1.00 bits per heavy atom. The highest BCUT2D eigenvalue weighted by atomic mass is 32.2. The van der Waals surface area contributed by atoms with Gasteiger partial charge in [0.05, 0.1) is 0 Å². The fraction of sp³-hybridized carbons (Fsp3) is 0.0833. The van der Waals surface area contributed by atoms with Crippen LogP contribution in [0.15, 0.2) is 94.7 Å². The molecule has 0 aromatic heterocycles. The number of benzene rings is 3. The summed E-state index contributed by atoms with van der Waals surface area (Å²) >= 11 is 3.53. The average Bonchev–Trinajstić information content (AvgIpc) is 2.75. The number of ether oxygens (including phenoxy) is 2. The predicted molar refractivity (Wildman–Crippen MR) is 118 cm³/mol. The van der Waals surface area contributed by atoms with Gasteiger partial charge in [0.2, 0.25) is 0 Å². The second kappa shape index (κ2) is 7.82. The molecule has 2 nitrogen and oxygen atoms in total. The van der Waals surface area contributed by atoms with Gasteiger partial charge in [-0.3, -0.25) is 0 Å². The van der Waals surface area contributed by atoms with Crippen molar-refractivity contribution in [2.24, 2.45) is 0 Å². The van der Waals surface area contributed by atoms with E-state index in [-0.39, 0.29) is 0 Å². The summed E-state index contributed by atoms with van der Waals surface area (Å²) in [6.45, 7) is 1.18. The average molecular weight is 403 g/mol. The maximum atomic E-state index is 5.97. The maximum Gasteiger partial charge on any atom is 0.129 e. The van der Waals surface area contributed by atoms with E-state index in [9.17, 15) is 0 Å². The van der Waals surface area contributed by atoms with E-state index in [1.165, 1.54) is 19.6 Å². The molecule has 0 spiro atoms. The largest absolute Gasteiger partial charge is 0.489 e. The highest BCUT2D eigenvalue weighted by molar-refractivity contribution is 8.08. The molecule has 138 valence electrons. The van der Waals surface area contributed by atoms with Gasteiger partial charge in [0.15, 0.2) is 0 Å². The van der Waals surface area contributed by atoms with Crippen molar-refractivity contribution in [3.8, 4) is 11.5 Å². The van der Waals surface area contributed by atoms with Crippen molar-refractivity contribution in [2.45, 2.75) is 9.79 Å². The van der Waals surface area contributed by atoms with Gasteiger partial charge in [-0.2, -0.15) is 0 Å². The second-order valence-corrected chi connectivity index (χ2v) is 8.66. The van der Waals surface area contributed by atoms with Crippen LogP contribution in [0.2, 0.25) is 0 Å². The van der Waals surface area contributed by atoms with Gasteiger partial charge in [0, 0.05) is 30.7 Å². The molecule has 0 bridgehead atoms. The lowest BCUT2D eigenvalue weighted by Gasteiger charge is -2.24. The highest BCUT2D eigenvalue weighted by Crippen LogP contribution is 2.48. The monoisotopic (exact) mass is 402 g/mol. The van der Waals surface area contributed by atoms with Crippen molar-refractivity contribution < 1.29 is 9.47 Å². The molecule has 3 aromatic rings. The van der Waals surface area contributed by atoms with Crippen LogP contribution in [-0.4, -0.2) is 13.2 Å². The summed E-state index contributed by atoms with van der Waals surface area (Å²) in [5.41, 5.74) is 2.20. The SMILES string of the molecule is C1=C(Sc2ccccc2)c2cc3c(cc2OC1)C(Sc1ccccc1)=CCO3. The van der Waals surface area contributed by atoms with Crippen LogP contribution in [0, 0.1) is 0 Å². The Morgan fingerprint density at radius 1 is 0.571 bits per heavy atom. The Hall–Kier alpha value is -2.56. The standard InChI is InChI=1S/C24H18O2S2/c1-3-7-17(8-4-1)27-23-11-13-25-21-16-20-22(15-19(21)23)26-14-12-24(20)28-18-9-5-2-6-10-18/h1-12,15-16H,13-14H2. The maximum absolute atomic E-state index is 5.97. The van der Waals surface area contributed by atoms with Crippen LogP contribution in [0.4, 0.5) is 0 Å². The van der Waals surface area contributed by atoms with E-state index in [1.807, 2.05) is 12.1 Å². The van der Waals surface area contributed by atoms with Gasteiger partial charge in [-0.1, -0.05) is 59.9 Å². The van der Waals surface area contributed by atoms with E-state index in [0.29, 0.717) is 13.2 Å². The lowest BCUT2D eigenvalue weighted by atomic mass is 10.0. The molecule has 0 saturated carbocycles. The minimum absolute atomic E-state index is 0.590. The van der Waals surface area contributed by atoms with Crippen molar-refractivity contribution in [2.75, 3.05) is 13.2 Å². The topological polar surface area (TPSA) is 18.5 Å². The minimum Gasteiger partial charge on any atom is -0.489 e. The summed E-state index contributed by atoms with van der Waals surface area (Å²) in [7, 11) is 0. The number of rotatable bonds is 4. The molecule has 0 amide bonds. The fourth-order valence-electron chi connectivity index (χ4n) is 3.24. The van der Waals surface area contributed by atoms with Crippen LogP contribution in [0.25, 0.3) is 9.81 Å². The number of hydrogen-bond donors (Lipinski definition) is 0. The first-order valence-electron chi connectivity index (χ1n) is 9.17. The molecular weight excluding hydrogens is 384 g/mol. The van der Waals surface area contributed by atoms with E-state index < -0.39 is 0 Å². The molecule has 0 saturated heterocycles. The Balaban J connectivity index is 1.48. The zero-order chi connectivity index (χ0) is 18.8. The van der Waals surface area contributed by atoms with Crippen LogP contribution in [0.5, 0.6) is 11.5 Å². The summed E-state index contributed by atoms with van der Waals surface area (Å²) in [6, 6.07) is 25.1. The van der Waals surface area contributed by atoms with Crippen molar-refractivity contribution in [1.29, 1.82) is 0 Å². The van der Waals surface area contributed by atoms with Gasteiger partial charge >= 0.3 is 0 Å². The summed E-state index contributed by atoms with van der Waals surface area (Å²) < 4.78 is 11.9. The Labute approximate surface area is 173 Å². The molecule has 0 radical (unpaired) electrons. The third kappa shape index (κ3) is 3.58. The number of fused-ring (bicyclic) bond motifs is 2. The number of hydrogen-bond acceptors (Lipinski definition) is 4. The number of thioether (sulfide) groups is 2. The molecule has 0 N–H and O–H groups in total. The molecule has 0 atom stereocenters. The summed E-state index contributed by atoms with van der Waals surface area (Å²) in [4.78, 5) is 4.87. The first-order valence-corrected chi connectivity index (χ1v) is 10.8. The summed E-state index contributed by atoms with van der Waals surface area (Å²) in [6.07, 6.45) is 4.29. The van der Waals surface area contributed by atoms with Gasteiger partial charge in [0.1, 0.15) is 24.7 Å². The van der Waals surface area contributed by atoms with E-state index in [2.05, 4.69) is 72.8 Å². The third-order valence-electron chi connectivity index (χ3n) is 4.57. The van der Waals surface area contributed by atoms with E-state index in [4.69, 9.17) is 9.47 Å². The summed E-state index contributed by atoms with van der Waals surface area (Å²) in [5.74, 6) is 1.84. The van der Waals surface area contributed by atoms with Gasteiger partial charge in [0.25, 0.3) is 0 Å². The Kier molecular flexibility index (Phi) is 4.90. The van der Waals surface area contributed by atoms with Crippen molar-refractivity contribution in [3.63, 3.8) is 0 Å². The molecule has 0 aliphatic carbocycles. The van der Waals surface area contributed by atoms with Crippen LogP contribution < -0.4 is 9.47 Å². The Bertz CT molecular complexity index is 969. The van der Waals surface area contributed by atoms with Crippen LogP contribution in [0.3, 0.4) is 0 Å². The normalized spacial score (nSPS) is 14.7. The zero-order valence-corrected chi connectivity index (χ0v) is 16.8. The molecule has 28 heavy (non-hydrogen) atoms. The first kappa shape index (κ1) is 17.5. The summed E-state index contributed by atoms with van der Waals surface area (Å²) in [5, 5.41) is 0. The zero-order valence-electron chi connectivity index (χ0n) is 15.1. The lowest BCUT2D eigenvalue weighted by molar-refractivity contribution is 0.346. The molecule has 0 fully saturated rings. The second-order valence-electron chi connectivity index (χ2n) is 6.43. The minimum atomic E-state index is 0.590. The van der Waals surface area contributed by atoms with Gasteiger partial charge in [-0.05, 0) is 48.6 Å². The molecule has 2 heterocycles. The lowest BCUT2D eigenvalue weighted by Crippen LogP contribution is -2.08. The van der Waals surface area contributed by atoms with Gasteiger partial charge < -0.3 is 9.47 Å². The fourth-order valence-corrected chi connectivity index (χ4v) is 5.18. The highest BCUT2D eigenvalue weighted by Gasteiger charge is 2.23. The molecule has 0 unspecified atom stereocenters. The molecule has 5 rings (SSSR count). The van der Waals surface area contributed by atoms with Crippen molar-refractivity contribution in [3.05, 3.63) is 96.1 Å². The smallest absolute Gasteiger partial charge is 0.129 e. The quantitative estimate of drug-likeness (QED) is 0.481. The van der Waals surface area contributed by atoms with Crippen LogP contribution in [0.1, 0.15) is 11.1 Å². The van der Waals surface area contributed by atoms with E-state index in [1.54, 1.807) is 23.5 Å². The molecule has 4 heteroatoms. The molecule has 3 aromatic carbocycles. The van der Waals surface area contributed by atoms with Crippen molar-refractivity contribution in [1.82, 2.24) is 0 Å². The van der Waals surface area contributed by atoms with Gasteiger partial charge in [-0.25, -0.2) is 0 Å². The van der Waals surface area contributed by atoms with Crippen LogP contribution >= 0.6 is 23.5 Å². The van der Waals surface area contributed by atoms with E-state index >= 15 is 0 Å². The molecule has 2 aliphatic heterocycles. The molecular formula is C24H18O2S2.